The maximum absolute atomic E-state index is 6.19. The van der Waals surface area contributed by atoms with Gasteiger partial charge in [-0.25, -0.2) is 0 Å². The molecule has 0 amide bonds. The van der Waals surface area contributed by atoms with Gasteiger partial charge in [-0.1, -0.05) is 31.5 Å². The van der Waals surface area contributed by atoms with E-state index in [4.69, 9.17) is 16.3 Å². The van der Waals surface area contributed by atoms with Gasteiger partial charge in [-0.2, -0.15) is 0 Å². The Hall–Kier alpha value is -0.570. The third-order valence-electron chi connectivity index (χ3n) is 5.17. The number of fused-ring (bicyclic) bond motifs is 1. The van der Waals surface area contributed by atoms with Gasteiger partial charge in [0.05, 0.1) is 5.60 Å². The van der Waals surface area contributed by atoms with Crippen LogP contribution in [0.15, 0.2) is 18.2 Å². The normalized spacial score (nSPS) is 26.1. The van der Waals surface area contributed by atoms with Crippen LogP contribution in [0.25, 0.3) is 0 Å². The van der Waals surface area contributed by atoms with Gasteiger partial charge in [-0.15, -0.1) is 0 Å². The van der Waals surface area contributed by atoms with Crippen molar-refractivity contribution in [3.63, 3.8) is 0 Å². The molecular weight excluding hydrogens is 270 g/mol. The minimum Gasteiger partial charge on any atom is -0.377 e. The molecule has 2 nitrogen and oxygen atoms in total. The largest absolute Gasteiger partial charge is 0.377 e. The predicted molar refractivity (Wildman–Crippen MR) is 83.3 cm³/mol. The van der Waals surface area contributed by atoms with Gasteiger partial charge in [0.2, 0.25) is 0 Å². The lowest BCUT2D eigenvalue weighted by Crippen LogP contribution is -2.49. The summed E-state index contributed by atoms with van der Waals surface area (Å²) >= 11 is 6.19. The lowest BCUT2D eigenvalue weighted by atomic mass is 9.78. The number of hydrogen-bond donors (Lipinski definition) is 1. The summed E-state index contributed by atoms with van der Waals surface area (Å²) in [6.45, 7) is 5.60. The van der Waals surface area contributed by atoms with Crippen molar-refractivity contribution in [3.05, 3.63) is 34.3 Å². The van der Waals surface area contributed by atoms with E-state index in [1.807, 2.05) is 13.2 Å². The topological polar surface area (TPSA) is 21.3 Å². The highest BCUT2D eigenvalue weighted by atomic mass is 35.5. The molecule has 0 bridgehead atoms. The predicted octanol–water partition coefficient (Wildman–Crippen LogP) is 4.12. The third kappa shape index (κ3) is 2.38. The van der Waals surface area contributed by atoms with Crippen molar-refractivity contribution >= 4 is 11.6 Å². The summed E-state index contributed by atoms with van der Waals surface area (Å²) in [5.41, 5.74) is 3.09. The molecule has 110 valence electrons. The Morgan fingerprint density at radius 1 is 1.35 bits per heavy atom. The quantitative estimate of drug-likeness (QED) is 0.901. The molecule has 3 rings (SSSR count). The van der Waals surface area contributed by atoms with Crippen LogP contribution in [0.2, 0.25) is 5.02 Å². The summed E-state index contributed by atoms with van der Waals surface area (Å²) in [5.74, 6) is 0. The summed E-state index contributed by atoms with van der Waals surface area (Å²) in [7, 11) is 1.84. The second-order valence-corrected chi connectivity index (χ2v) is 7.50. The zero-order chi connectivity index (χ0) is 14.4. The molecule has 0 spiro atoms. The smallest absolute Gasteiger partial charge is 0.0802 e. The fourth-order valence-electron chi connectivity index (χ4n) is 3.71. The van der Waals surface area contributed by atoms with E-state index in [-0.39, 0.29) is 11.0 Å². The number of methoxy groups -OCH3 is 1. The van der Waals surface area contributed by atoms with Crippen LogP contribution in [-0.2, 0) is 11.2 Å². The van der Waals surface area contributed by atoms with Gasteiger partial charge in [0, 0.05) is 24.7 Å². The molecule has 2 aliphatic rings. The van der Waals surface area contributed by atoms with Gasteiger partial charge in [-0.05, 0) is 54.4 Å². The molecule has 1 saturated carbocycles. The number of benzene rings is 1. The lowest BCUT2D eigenvalue weighted by Gasteiger charge is -2.42. The standard InChI is InChI=1S/C17H24ClNO/c1-16(2)10-12-5-6-13(18)9-14(12)15(16)19-11-17(20-3)7-4-8-17/h5-6,9,15,19H,4,7-8,10-11H2,1-3H3. The molecule has 0 aromatic heterocycles. The average molecular weight is 294 g/mol. The first-order valence-corrected chi connectivity index (χ1v) is 7.90. The fraction of sp³-hybridized carbons (Fsp3) is 0.647. The van der Waals surface area contributed by atoms with E-state index in [0.717, 1.165) is 18.0 Å². The molecule has 1 N–H and O–H groups in total. The third-order valence-corrected chi connectivity index (χ3v) is 5.41. The first-order valence-electron chi connectivity index (χ1n) is 7.53. The van der Waals surface area contributed by atoms with Crippen LogP contribution >= 0.6 is 11.6 Å². The molecule has 1 unspecified atom stereocenters. The molecule has 1 fully saturated rings. The molecule has 0 heterocycles. The van der Waals surface area contributed by atoms with Crippen molar-refractivity contribution in [2.75, 3.05) is 13.7 Å². The molecule has 1 atom stereocenters. The number of nitrogens with one attached hydrogen (secondary N) is 1. The molecule has 1 aromatic rings. The van der Waals surface area contributed by atoms with Crippen molar-refractivity contribution in [2.24, 2.45) is 5.41 Å². The Morgan fingerprint density at radius 2 is 2.10 bits per heavy atom. The molecule has 20 heavy (non-hydrogen) atoms. The zero-order valence-corrected chi connectivity index (χ0v) is 13.4. The van der Waals surface area contributed by atoms with Gasteiger partial charge in [0.15, 0.2) is 0 Å². The molecule has 1 aromatic carbocycles. The van der Waals surface area contributed by atoms with E-state index in [0.29, 0.717) is 6.04 Å². The van der Waals surface area contributed by atoms with Crippen LogP contribution in [0.3, 0.4) is 0 Å². The summed E-state index contributed by atoms with van der Waals surface area (Å²) < 4.78 is 5.72. The van der Waals surface area contributed by atoms with Crippen LogP contribution in [0, 0.1) is 5.41 Å². The molecular formula is C17H24ClNO. The second kappa shape index (κ2) is 5.01. The van der Waals surface area contributed by atoms with Gasteiger partial charge in [0.25, 0.3) is 0 Å². The monoisotopic (exact) mass is 293 g/mol. The van der Waals surface area contributed by atoms with Crippen LogP contribution in [0.1, 0.15) is 50.3 Å². The van der Waals surface area contributed by atoms with Crippen LogP contribution < -0.4 is 5.32 Å². The van der Waals surface area contributed by atoms with E-state index in [2.05, 4.69) is 31.3 Å². The highest BCUT2D eigenvalue weighted by Crippen LogP contribution is 2.46. The summed E-state index contributed by atoms with van der Waals surface area (Å²) in [6.07, 6.45) is 4.74. The van der Waals surface area contributed by atoms with Gasteiger partial charge in [0.1, 0.15) is 0 Å². The highest BCUT2D eigenvalue weighted by molar-refractivity contribution is 6.30. The van der Waals surface area contributed by atoms with E-state index in [1.54, 1.807) is 0 Å². The SMILES string of the molecule is COC1(CNC2c3cc(Cl)ccc3CC2(C)C)CCC1. The number of rotatable bonds is 4. The minimum absolute atomic E-state index is 0.0669. The van der Waals surface area contributed by atoms with Crippen molar-refractivity contribution in [3.8, 4) is 0 Å². The van der Waals surface area contributed by atoms with Gasteiger partial charge < -0.3 is 10.1 Å². The van der Waals surface area contributed by atoms with E-state index in [1.165, 1.54) is 30.4 Å². The molecule has 3 heteroatoms. The van der Waals surface area contributed by atoms with Crippen molar-refractivity contribution in [1.29, 1.82) is 0 Å². The van der Waals surface area contributed by atoms with E-state index in [9.17, 15) is 0 Å². The molecule has 0 aliphatic heterocycles. The van der Waals surface area contributed by atoms with E-state index < -0.39 is 0 Å². The van der Waals surface area contributed by atoms with Crippen LogP contribution in [0.4, 0.5) is 0 Å². The maximum Gasteiger partial charge on any atom is 0.0802 e. The summed E-state index contributed by atoms with van der Waals surface area (Å²) in [4.78, 5) is 0. The van der Waals surface area contributed by atoms with Gasteiger partial charge >= 0.3 is 0 Å². The number of hydrogen-bond acceptors (Lipinski definition) is 2. The maximum atomic E-state index is 6.19. The van der Waals surface area contributed by atoms with Crippen molar-refractivity contribution in [1.82, 2.24) is 5.32 Å². The summed E-state index contributed by atoms with van der Waals surface area (Å²) in [6, 6.07) is 6.67. The molecule has 0 radical (unpaired) electrons. The fourth-order valence-corrected chi connectivity index (χ4v) is 3.89. The first-order chi connectivity index (χ1) is 9.46. The van der Waals surface area contributed by atoms with Gasteiger partial charge in [-0.3, -0.25) is 0 Å². The Bertz CT molecular complexity index is 502. The number of halogens is 1. The summed E-state index contributed by atoms with van der Waals surface area (Å²) in [5, 5.41) is 4.60. The first kappa shape index (κ1) is 14.4. The second-order valence-electron chi connectivity index (χ2n) is 7.06. The van der Waals surface area contributed by atoms with Crippen molar-refractivity contribution in [2.45, 2.75) is 51.2 Å². The molecule has 2 aliphatic carbocycles. The van der Waals surface area contributed by atoms with Crippen LogP contribution in [0.5, 0.6) is 0 Å². The lowest BCUT2D eigenvalue weighted by molar-refractivity contribution is -0.0726. The number of ether oxygens (including phenoxy) is 1. The Balaban J connectivity index is 1.79. The Labute approximate surface area is 126 Å². The van der Waals surface area contributed by atoms with Crippen molar-refractivity contribution < 1.29 is 4.74 Å². The Morgan fingerprint density at radius 3 is 2.70 bits per heavy atom. The highest BCUT2D eigenvalue weighted by Gasteiger charge is 2.42. The average Bonchev–Trinajstić information content (AvgIpc) is 2.59. The zero-order valence-electron chi connectivity index (χ0n) is 12.6. The van der Waals surface area contributed by atoms with Crippen LogP contribution in [-0.4, -0.2) is 19.3 Å². The minimum atomic E-state index is 0.0669. The molecule has 0 saturated heterocycles. The Kier molecular flexibility index (Phi) is 3.60. The van der Waals surface area contributed by atoms with E-state index >= 15 is 0 Å².